The van der Waals surface area contributed by atoms with Crippen molar-refractivity contribution in [3.63, 3.8) is 0 Å². The fourth-order valence-corrected chi connectivity index (χ4v) is 2.57. The van der Waals surface area contributed by atoms with Gasteiger partial charge in [-0.25, -0.2) is 0 Å². The lowest BCUT2D eigenvalue weighted by atomic mass is 9.84. The third-order valence-corrected chi connectivity index (χ3v) is 3.14. The second-order valence-electron chi connectivity index (χ2n) is 6.06. The van der Waals surface area contributed by atoms with E-state index in [1.807, 2.05) is 0 Å². The van der Waals surface area contributed by atoms with Gasteiger partial charge in [-0.15, -0.1) is 0 Å². The summed E-state index contributed by atoms with van der Waals surface area (Å²) >= 11 is 0. The van der Waals surface area contributed by atoms with Crippen molar-refractivity contribution in [1.82, 2.24) is 4.90 Å². The molecule has 0 unspecified atom stereocenters. The summed E-state index contributed by atoms with van der Waals surface area (Å²) in [5, 5.41) is 0. The lowest BCUT2D eigenvalue weighted by Crippen LogP contribution is -2.25. The normalized spacial score (nSPS) is 30.0. The summed E-state index contributed by atoms with van der Waals surface area (Å²) in [7, 11) is 4.42. The van der Waals surface area contributed by atoms with Gasteiger partial charge in [-0.2, -0.15) is 0 Å². The van der Waals surface area contributed by atoms with Crippen molar-refractivity contribution >= 4 is 0 Å². The molecule has 0 aliphatic heterocycles. The molecule has 1 saturated carbocycles. The highest BCUT2D eigenvalue weighted by Gasteiger charge is 2.28. The van der Waals surface area contributed by atoms with Crippen LogP contribution in [0.5, 0.6) is 0 Å². The Morgan fingerprint density at radius 1 is 1.15 bits per heavy atom. The van der Waals surface area contributed by atoms with Crippen molar-refractivity contribution in [2.24, 2.45) is 11.3 Å². The third kappa shape index (κ3) is 3.68. The number of hydrogen-bond donors (Lipinski definition) is 0. The van der Waals surface area contributed by atoms with Gasteiger partial charge >= 0.3 is 0 Å². The van der Waals surface area contributed by atoms with Crippen molar-refractivity contribution in [3.8, 4) is 0 Å². The topological polar surface area (TPSA) is 3.24 Å². The molecular weight excluding hydrogens is 158 g/mol. The molecule has 0 amide bonds. The lowest BCUT2D eigenvalue weighted by Gasteiger charge is -2.24. The standard InChI is InChI=1S/C12H25N/c1-12(2,3)9-10-6-7-11(8-10)13(4)5/h10-11H,6-9H2,1-5H3/t10-,11+/m0/s1. The van der Waals surface area contributed by atoms with Crippen LogP contribution in [0, 0.1) is 11.3 Å². The smallest absolute Gasteiger partial charge is 0.00919 e. The average Bonchev–Trinajstić information content (AvgIpc) is 2.31. The Hall–Kier alpha value is -0.0400. The fourth-order valence-electron chi connectivity index (χ4n) is 2.57. The molecule has 0 heterocycles. The molecule has 0 aromatic rings. The minimum Gasteiger partial charge on any atom is -0.306 e. The summed E-state index contributed by atoms with van der Waals surface area (Å²) in [6, 6.07) is 0.854. The van der Waals surface area contributed by atoms with E-state index in [-0.39, 0.29) is 0 Å². The van der Waals surface area contributed by atoms with Crippen molar-refractivity contribution in [2.45, 2.75) is 52.5 Å². The van der Waals surface area contributed by atoms with Gasteiger partial charge in [0.15, 0.2) is 0 Å². The Bertz CT molecular complexity index is 155. The van der Waals surface area contributed by atoms with Crippen LogP contribution in [0.25, 0.3) is 0 Å². The van der Waals surface area contributed by atoms with E-state index < -0.39 is 0 Å². The minimum atomic E-state index is 0.520. The van der Waals surface area contributed by atoms with Gasteiger partial charge in [-0.05, 0) is 51.1 Å². The van der Waals surface area contributed by atoms with E-state index >= 15 is 0 Å². The zero-order chi connectivity index (χ0) is 10.1. The highest BCUT2D eigenvalue weighted by atomic mass is 15.1. The molecule has 0 aromatic heterocycles. The van der Waals surface area contributed by atoms with E-state index in [0.29, 0.717) is 5.41 Å². The predicted molar refractivity (Wildman–Crippen MR) is 58.9 cm³/mol. The monoisotopic (exact) mass is 183 g/mol. The molecule has 13 heavy (non-hydrogen) atoms. The molecule has 0 spiro atoms. The molecule has 1 nitrogen and oxygen atoms in total. The Labute approximate surface area is 83.5 Å². The van der Waals surface area contributed by atoms with E-state index in [0.717, 1.165) is 12.0 Å². The first kappa shape index (κ1) is 11.0. The summed E-state index contributed by atoms with van der Waals surface area (Å²) in [6.07, 6.45) is 5.68. The van der Waals surface area contributed by atoms with Crippen LogP contribution >= 0.6 is 0 Å². The zero-order valence-corrected chi connectivity index (χ0v) is 9.93. The Morgan fingerprint density at radius 2 is 1.77 bits per heavy atom. The second kappa shape index (κ2) is 4.00. The van der Waals surface area contributed by atoms with Crippen LogP contribution in [0.4, 0.5) is 0 Å². The lowest BCUT2D eigenvalue weighted by molar-refractivity contribution is 0.261. The SMILES string of the molecule is CN(C)[C@@H]1CC[C@H](CC(C)(C)C)C1. The molecule has 1 fully saturated rings. The second-order valence-corrected chi connectivity index (χ2v) is 6.06. The Kier molecular flexibility index (Phi) is 3.39. The molecule has 1 heteroatoms. The molecule has 1 rings (SSSR count). The summed E-state index contributed by atoms with van der Waals surface area (Å²) in [5.41, 5.74) is 0.520. The third-order valence-electron chi connectivity index (χ3n) is 3.14. The molecule has 78 valence electrons. The van der Waals surface area contributed by atoms with E-state index in [1.165, 1.54) is 25.7 Å². The van der Waals surface area contributed by atoms with Crippen molar-refractivity contribution < 1.29 is 0 Å². The summed E-state index contributed by atoms with van der Waals surface area (Å²) in [5.74, 6) is 0.979. The van der Waals surface area contributed by atoms with Gasteiger partial charge in [0, 0.05) is 6.04 Å². The van der Waals surface area contributed by atoms with Crippen LogP contribution in [0.2, 0.25) is 0 Å². The maximum Gasteiger partial charge on any atom is 0.00919 e. The van der Waals surface area contributed by atoms with E-state index in [4.69, 9.17) is 0 Å². The minimum absolute atomic E-state index is 0.520. The molecule has 0 bridgehead atoms. The first-order valence-electron chi connectivity index (χ1n) is 5.55. The number of nitrogens with zero attached hydrogens (tertiary/aromatic N) is 1. The Morgan fingerprint density at radius 3 is 2.15 bits per heavy atom. The van der Waals surface area contributed by atoms with Crippen LogP contribution in [0.15, 0.2) is 0 Å². The van der Waals surface area contributed by atoms with Gasteiger partial charge < -0.3 is 4.90 Å². The van der Waals surface area contributed by atoms with Crippen molar-refractivity contribution in [3.05, 3.63) is 0 Å². The highest BCUT2D eigenvalue weighted by molar-refractivity contribution is 4.82. The van der Waals surface area contributed by atoms with Gasteiger partial charge in [0.1, 0.15) is 0 Å². The molecule has 0 saturated heterocycles. The molecule has 2 atom stereocenters. The predicted octanol–water partition coefficient (Wildman–Crippen LogP) is 3.15. The molecule has 0 radical (unpaired) electrons. The number of hydrogen-bond acceptors (Lipinski definition) is 1. The van der Waals surface area contributed by atoms with Crippen LogP contribution in [0.3, 0.4) is 0 Å². The first-order chi connectivity index (χ1) is 5.88. The fraction of sp³-hybridized carbons (Fsp3) is 1.00. The average molecular weight is 183 g/mol. The van der Waals surface area contributed by atoms with Gasteiger partial charge in [0.05, 0.1) is 0 Å². The van der Waals surface area contributed by atoms with Crippen molar-refractivity contribution in [1.29, 1.82) is 0 Å². The maximum atomic E-state index is 2.39. The van der Waals surface area contributed by atoms with Crippen LogP contribution in [-0.2, 0) is 0 Å². The summed E-state index contributed by atoms with van der Waals surface area (Å²) < 4.78 is 0. The van der Waals surface area contributed by atoms with Crippen molar-refractivity contribution in [2.75, 3.05) is 14.1 Å². The van der Waals surface area contributed by atoms with Gasteiger partial charge in [0.25, 0.3) is 0 Å². The van der Waals surface area contributed by atoms with Crippen LogP contribution in [0.1, 0.15) is 46.5 Å². The first-order valence-corrected chi connectivity index (χ1v) is 5.55. The van der Waals surface area contributed by atoms with Gasteiger partial charge in [-0.1, -0.05) is 20.8 Å². The molecule has 0 N–H and O–H groups in total. The zero-order valence-electron chi connectivity index (χ0n) is 9.93. The molecule has 1 aliphatic rings. The van der Waals surface area contributed by atoms with E-state index in [9.17, 15) is 0 Å². The van der Waals surface area contributed by atoms with E-state index in [1.54, 1.807) is 0 Å². The Balaban J connectivity index is 2.33. The van der Waals surface area contributed by atoms with E-state index in [2.05, 4.69) is 39.8 Å². The summed E-state index contributed by atoms with van der Waals surface area (Å²) in [4.78, 5) is 2.39. The highest BCUT2D eigenvalue weighted by Crippen LogP contribution is 2.36. The number of rotatable bonds is 2. The quantitative estimate of drug-likeness (QED) is 0.635. The van der Waals surface area contributed by atoms with Gasteiger partial charge in [0.2, 0.25) is 0 Å². The maximum absolute atomic E-state index is 2.39. The summed E-state index contributed by atoms with van der Waals surface area (Å²) in [6.45, 7) is 7.07. The largest absolute Gasteiger partial charge is 0.306 e. The van der Waals surface area contributed by atoms with Gasteiger partial charge in [-0.3, -0.25) is 0 Å². The molecule has 0 aromatic carbocycles. The van der Waals surface area contributed by atoms with Crippen LogP contribution < -0.4 is 0 Å². The molecular formula is C12H25N. The molecule has 1 aliphatic carbocycles. The van der Waals surface area contributed by atoms with Crippen LogP contribution in [-0.4, -0.2) is 25.0 Å².